The number of carbonyl (C=O) groups excluding carboxylic acids is 1. The van der Waals surface area contributed by atoms with Gasteiger partial charge in [-0.25, -0.2) is 0 Å². The normalized spacial score (nSPS) is 19.3. The molecular formula is C22H28N2O3. The minimum Gasteiger partial charge on any atom is -0.381 e. The van der Waals surface area contributed by atoms with Crippen LogP contribution in [-0.4, -0.2) is 74.4 Å². The number of fused-ring (bicyclic) bond motifs is 1. The molecule has 1 amide bonds. The van der Waals surface area contributed by atoms with Crippen LogP contribution < -0.4 is 0 Å². The average Bonchev–Trinajstić information content (AvgIpc) is 2.75. The van der Waals surface area contributed by atoms with Gasteiger partial charge in [0.2, 0.25) is 0 Å². The second-order valence-corrected chi connectivity index (χ2v) is 7.32. The molecule has 0 aliphatic carbocycles. The summed E-state index contributed by atoms with van der Waals surface area (Å²) in [5, 5.41) is 2.15. The van der Waals surface area contributed by atoms with Gasteiger partial charge in [0.15, 0.2) is 0 Å². The van der Waals surface area contributed by atoms with Gasteiger partial charge in [-0.1, -0.05) is 36.4 Å². The molecule has 0 spiro atoms. The van der Waals surface area contributed by atoms with E-state index in [0.29, 0.717) is 0 Å². The minimum atomic E-state index is 0.145. The molecule has 2 aliphatic heterocycles. The Labute approximate surface area is 160 Å². The van der Waals surface area contributed by atoms with E-state index < -0.39 is 0 Å². The Morgan fingerprint density at radius 3 is 2.48 bits per heavy atom. The highest BCUT2D eigenvalue weighted by Gasteiger charge is 2.28. The SMILES string of the molecule is O=C(c1cccc2ccccc12)N(CCN1CCOCC1)C1CCOCC1. The van der Waals surface area contributed by atoms with Crippen LogP contribution in [0.5, 0.6) is 0 Å². The van der Waals surface area contributed by atoms with Gasteiger partial charge in [0, 0.05) is 51.0 Å². The van der Waals surface area contributed by atoms with Crippen molar-refractivity contribution < 1.29 is 14.3 Å². The number of ether oxygens (including phenoxy) is 2. The van der Waals surface area contributed by atoms with Crippen molar-refractivity contribution in [2.75, 3.05) is 52.6 Å². The Morgan fingerprint density at radius 2 is 1.67 bits per heavy atom. The summed E-state index contributed by atoms with van der Waals surface area (Å²) in [5.74, 6) is 0.145. The Morgan fingerprint density at radius 1 is 0.963 bits per heavy atom. The number of nitrogens with zero attached hydrogens (tertiary/aromatic N) is 2. The molecule has 5 nitrogen and oxygen atoms in total. The number of benzene rings is 2. The first-order valence-electron chi connectivity index (χ1n) is 9.99. The Kier molecular flexibility index (Phi) is 6.02. The van der Waals surface area contributed by atoms with Crippen LogP contribution in [0.1, 0.15) is 23.2 Å². The molecule has 5 heteroatoms. The number of carbonyl (C=O) groups is 1. The van der Waals surface area contributed by atoms with Crippen molar-refractivity contribution in [2.24, 2.45) is 0 Å². The van der Waals surface area contributed by atoms with Crippen molar-refractivity contribution in [2.45, 2.75) is 18.9 Å². The third kappa shape index (κ3) is 4.32. The molecule has 0 atom stereocenters. The molecule has 27 heavy (non-hydrogen) atoms. The average molecular weight is 368 g/mol. The van der Waals surface area contributed by atoms with Crippen LogP contribution in [0.25, 0.3) is 10.8 Å². The Hall–Kier alpha value is -1.95. The van der Waals surface area contributed by atoms with Crippen molar-refractivity contribution in [3.8, 4) is 0 Å². The fourth-order valence-electron chi connectivity index (χ4n) is 4.09. The minimum absolute atomic E-state index is 0.145. The first kappa shape index (κ1) is 18.4. The van der Waals surface area contributed by atoms with Crippen LogP contribution in [0.2, 0.25) is 0 Å². The van der Waals surface area contributed by atoms with E-state index in [1.807, 2.05) is 30.3 Å². The molecule has 0 bridgehead atoms. The molecule has 4 rings (SSSR count). The maximum atomic E-state index is 13.6. The fraction of sp³-hybridized carbons (Fsp3) is 0.500. The van der Waals surface area contributed by atoms with E-state index in [2.05, 4.69) is 21.9 Å². The zero-order valence-corrected chi connectivity index (χ0v) is 15.8. The van der Waals surface area contributed by atoms with E-state index in [1.165, 1.54) is 0 Å². The number of hydrogen-bond donors (Lipinski definition) is 0. The van der Waals surface area contributed by atoms with Gasteiger partial charge in [0.25, 0.3) is 5.91 Å². The third-order valence-corrected chi connectivity index (χ3v) is 5.67. The molecule has 2 aliphatic rings. The zero-order chi connectivity index (χ0) is 18.5. The van der Waals surface area contributed by atoms with Crippen LogP contribution in [0.3, 0.4) is 0 Å². The fourth-order valence-corrected chi connectivity index (χ4v) is 4.09. The van der Waals surface area contributed by atoms with Gasteiger partial charge in [-0.15, -0.1) is 0 Å². The molecule has 0 radical (unpaired) electrons. The third-order valence-electron chi connectivity index (χ3n) is 5.67. The van der Waals surface area contributed by atoms with Crippen LogP contribution in [0, 0.1) is 0 Å². The summed E-state index contributed by atoms with van der Waals surface area (Å²) < 4.78 is 11.0. The molecule has 144 valence electrons. The van der Waals surface area contributed by atoms with E-state index in [9.17, 15) is 4.79 Å². The number of hydrogen-bond acceptors (Lipinski definition) is 4. The maximum absolute atomic E-state index is 13.6. The highest BCUT2D eigenvalue weighted by molar-refractivity contribution is 6.07. The van der Waals surface area contributed by atoms with E-state index >= 15 is 0 Å². The van der Waals surface area contributed by atoms with Crippen LogP contribution in [0.4, 0.5) is 0 Å². The van der Waals surface area contributed by atoms with E-state index in [-0.39, 0.29) is 11.9 Å². The summed E-state index contributed by atoms with van der Waals surface area (Å²) in [6.07, 6.45) is 1.83. The quantitative estimate of drug-likeness (QED) is 0.814. The van der Waals surface area contributed by atoms with Gasteiger partial charge < -0.3 is 14.4 Å². The van der Waals surface area contributed by atoms with Gasteiger partial charge in [0.05, 0.1) is 13.2 Å². The molecular weight excluding hydrogens is 340 g/mol. The summed E-state index contributed by atoms with van der Waals surface area (Å²) in [4.78, 5) is 18.1. The van der Waals surface area contributed by atoms with Crippen molar-refractivity contribution >= 4 is 16.7 Å². The lowest BCUT2D eigenvalue weighted by molar-refractivity contribution is 0.0142. The van der Waals surface area contributed by atoms with Crippen molar-refractivity contribution in [1.82, 2.24) is 9.80 Å². The van der Waals surface area contributed by atoms with Gasteiger partial charge >= 0.3 is 0 Å². The first-order valence-corrected chi connectivity index (χ1v) is 9.99. The monoisotopic (exact) mass is 368 g/mol. The van der Waals surface area contributed by atoms with Crippen molar-refractivity contribution in [3.05, 3.63) is 48.0 Å². The molecule has 2 fully saturated rings. The standard InChI is InChI=1S/C22H28N2O3/c25-22(21-7-3-5-18-4-1-2-6-20(18)21)24(19-8-14-26-15-9-19)11-10-23-12-16-27-17-13-23/h1-7,19H,8-17H2. The number of morpholine rings is 1. The Balaban J connectivity index is 1.57. The lowest BCUT2D eigenvalue weighted by Gasteiger charge is -2.36. The van der Waals surface area contributed by atoms with Crippen molar-refractivity contribution in [3.63, 3.8) is 0 Å². The van der Waals surface area contributed by atoms with Crippen LogP contribution >= 0.6 is 0 Å². The van der Waals surface area contributed by atoms with Gasteiger partial charge in [-0.3, -0.25) is 9.69 Å². The largest absolute Gasteiger partial charge is 0.381 e. The van der Waals surface area contributed by atoms with Gasteiger partial charge in [-0.05, 0) is 29.7 Å². The predicted octanol–water partition coefficient (Wildman–Crippen LogP) is 2.79. The van der Waals surface area contributed by atoms with Gasteiger partial charge in [-0.2, -0.15) is 0 Å². The van der Waals surface area contributed by atoms with Crippen molar-refractivity contribution in [1.29, 1.82) is 0 Å². The summed E-state index contributed by atoms with van der Waals surface area (Å²) in [5.41, 5.74) is 0.807. The van der Waals surface area contributed by atoms with Crippen LogP contribution in [0.15, 0.2) is 42.5 Å². The lowest BCUT2D eigenvalue weighted by atomic mass is 10.0. The first-order chi connectivity index (χ1) is 13.3. The predicted molar refractivity (Wildman–Crippen MR) is 106 cm³/mol. The second kappa shape index (κ2) is 8.83. The topological polar surface area (TPSA) is 42.0 Å². The lowest BCUT2D eigenvalue weighted by Crippen LogP contribution is -2.48. The molecule has 2 aromatic rings. The second-order valence-electron chi connectivity index (χ2n) is 7.32. The maximum Gasteiger partial charge on any atom is 0.254 e. The smallest absolute Gasteiger partial charge is 0.254 e. The summed E-state index contributed by atoms with van der Waals surface area (Å²) in [7, 11) is 0. The molecule has 0 aromatic heterocycles. The molecule has 2 aromatic carbocycles. The van der Waals surface area contributed by atoms with E-state index in [0.717, 1.165) is 81.8 Å². The Bertz CT molecular complexity index is 762. The zero-order valence-electron chi connectivity index (χ0n) is 15.8. The summed E-state index contributed by atoms with van der Waals surface area (Å²) in [6.45, 7) is 6.60. The highest BCUT2D eigenvalue weighted by atomic mass is 16.5. The van der Waals surface area contributed by atoms with E-state index in [1.54, 1.807) is 0 Å². The summed E-state index contributed by atoms with van der Waals surface area (Å²) in [6, 6.07) is 14.4. The molecule has 2 heterocycles. The molecule has 0 unspecified atom stereocenters. The highest BCUT2D eigenvalue weighted by Crippen LogP contribution is 2.23. The van der Waals surface area contributed by atoms with Crippen LogP contribution in [-0.2, 0) is 9.47 Å². The number of amides is 1. The molecule has 0 saturated carbocycles. The number of rotatable bonds is 5. The molecule has 0 N–H and O–H groups in total. The summed E-state index contributed by atoms with van der Waals surface area (Å²) >= 11 is 0. The van der Waals surface area contributed by atoms with Gasteiger partial charge in [0.1, 0.15) is 0 Å². The van der Waals surface area contributed by atoms with E-state index in [4.69, 9.17) is 9.47 Å². The molecule has 2 saturated heterocycles.